The van der Waals surface area contributed by atoms with E-state index in [2.05, 4.69) is 10.3 Å². The number of rotatable bonds is 5. The standard InChI is InChI=1S/C15H17F3N4O2/c1-22-8-7-21-13(22)14(24,15(16,17)18)5-6-20-12(23)10-3-2-4-11(19)9-10/h2-4,7-9,24H,5-6,19H2,1H3,(H,20,23). The molecule has 0 aliphatic heterocycles. The van der Waals surface area contributed by atoms with Crippen LogP contribution in [0.25, 0.3) is 0 Å². The number of hydrogen-bond donors (Lipinski definition) is 3. The molecule has 2 aromatic rings. The molecule has 1 amide bonds. The number of aryl methyl sites for hydroxylation is 1. The Morgan fingerprint density at radius 1 is 1.42 bits per heavy atom. The third kappa shape index (κ3) is 3.51. The van der Waals surface area contributed by atoms with Crippen LogP contribution in [0.1, 0.15) is 22.6 Å². The van der Waals surface area contributed by atoms with E-state index in [1.165, 1.54) is 25.4 Å². The van der Waals surface area contributed by atoms with E-state index in [1.54, 1.807) is 12.1 Å². The molecule has 0 bridgehead atoms. The lowest BCUT2D eigenvalue weighted by Gasteiger charge is -2.30. The van der Waals surface area contributed by atoms with Gasteiger partial charge < -0.3 is 20.7 Å². The number of aliphatic hydroxyl groups is 1. The fraction of sp³-hybridized carbons (Fsp3) is 0.333. The van der Waals surface area contributed by atoms with Gasteiger partial charge in [0.05, 0.1) is 0 Å². The Morgan fingerprint density at radius 2 is 2.12 bits per heavy atom. The summed E-state index contributed by atoms with van der Waals surface area (Å²) >= 11 is 0. The number of hydrogen-bond acceptors (Lipinski definition) is 4. The normalized spacial score (nSPS) is 14.2. The van der Waals surface area contributed by atoms with Gasteiger partial charge in [0.25, 0.3) is 5.91 Å². The van der Waals surface area contributed by atoms with Crippen molar-refractivity contribution in [1.82, 2.24) is 14.9 Å². The molecule has 0 spiro atoms. The summed E-state index contributed by atoms with van der Waals surface area (Å²) in [6, 6.07) is 6.04. The molecular formula is C15H17F3N4O2. The second kappa shape index (κ2) is 6.52. The topological polar surface area (TPSA) is 93.2 Å². The van der Waals surface area contributed by atoms with Crippen LogP contribution in [-0.2, 0) is 12.6 Å². The van der Waals surface area contributed by atoms with Crippen molar-refractivity contribution in [3.63, 3.8) is 0 Å². The van der Waals surface area contributed by atoms with Crippen LogP contribution in [-0.4, -0.2) is 33.3 Å². The van der Waals surface area contributed by atoms with E-state index in [-0.39, 0.29) is 5.56 Å². The smallest absolute Gasteiger partial charge is 0.399 e. The third-order valence-electron chi connectivity index (χ3n) is 3.58. The minimum absolute atomic E-state index is 0.225. The van der Waals surface area contributed by atoms with Crippen LogP contribution in [0.2, 0.25) is 0 Å². The Kier molecular flexibility index (Phi) is 4.83. The van der Waals surface area contributed by atoms with E-state index in [9.17, 15) is 23.1 Å². The van der Waals surface area contributed by atoms with Crippen molar-refractivity contribution in [1.29, 1.82) is 0 Å². The molecule has 1 aromatic carbocycles. The number of benzene rings is 1. The Morgan fingerprint density at radius 3 is 2.67 bits per heavy atom. The van der Waals surface area contributed by atoms with E-state index in [0.29, 0.717) is 5.69 Å². The highest BCUT2D eigenvalue weighted by atomic mass is 19.4. The fourth-order valence-corrected chi connectivity index (χ4v) is 2.28. The first-order valence-electron chi connectivity index (χ1n) is 7.06. The van der Waals surface area contributed by atoms with Gasteiger partial charge in [-0.25, -0.2) is 4.98 Å². The molecule has 1 atom stereocenters. The molecule has 130 valence electrons. The van der Waals surface area contributed by atoms with Gasteiger partial charge in [-0.15, -0.1) is 0 Å². The maximum absolute atomic E-state index is 13.3. The van der Waals surface area contributed by atoms with Crippen molar-refractivity contribution in [3.05, 3.63) is 48.0 Å². The number of nitrogens with two attached hydrogens (primary N) is 1. The van der Waals surface area contributed by atoms with Crippen LogP contribution >= 0.6 is 0 Å². The summed E-state index contributed by atoms with van der Waals surface area (Å²) in [6.07, 6.45) is -3.24. The maximum atomic E-state index is 13.3. The number of carbonyl (C=O) groups excluding carboxylic acids is 1. The quantitative estimate of drug-likeness (QED) is 0.719. The lowest BCUT2D eigenvalue weighted by atomic mass is 9.97. The van der Waals surface area contributed by atoms with Crippen molar-refractivity contribution in [2.24, 2.45) is 7.05 Å². The predicted molar refractivity (Wildman–Crippen MR) is 81.0 cm³/mol. The van der Waals surface area contributed by atoms with Crippen LogP contribution in [0.3, 0.4) is 0 Å². The van der Waals surface area contributed by atoms with Crippen molar-refractivity contribution in [2.45, 2.75) is 18.2 Å². The van der Waals surface area contributed by atoms with E-state index in [4.69, 9.17) is 5.73 Å². The first kappa shape index (κ1) is 17.8. The van der Waals surface area contributed by atoms with Gasteiger partial charge in [-0.3, -0.25) is 4.79 Å². The van der Waals surface area contributed by atoms with Crippen LogP contribution in [0.5, 0.6) is 0 Å². The van der Waals surface area contributed by atoms with Crippen LogP contribution in [0.15, 0.2) is 36.7 Å². The Balaban J connectivity index is 2.10. The number of carbonyl (C=O) groups is 1. The van der Waals surface area contributed by atoms with Gasteiger partial charge >= 0.3 is 6.18 Å². The molecule has 1 aromatic heterocycles. The van der Waals surface area contributed by atoms with Crippen LogP contribution in [0, 0.1) is 0 Å². The zero-order chi connectivity index (χ0) is 18.0. The summed E-state index contributed by atoms with van der Waals surface area (Å²) in [5.74, 6) is -1.11. The molecule has 24 heavy (non-hydrogen) atoms. The van der Waals surface area contributed by atoms with Gasteiger partial charge in [-0.1, -0.05) is 6.07 Å². The molecule has 1 heterocycles. The second-order valence-electron chi connectivity index (χ2n) is 5.35. The Bertz CT molecular complexity index is 730. The first-order valence-corrected chi connectivity index (χ1v) is 7.06. The molecule has 0 radical (unpaired) electrons. The number of alkyl halides is 3. The molecule has 2 rings (SSSR count). The minimum Gasteiger partial charge on any atom is -0.399 e. The number of aromatic nitrogens is 2. The summed E-state index contributed by atoms with van der Waals surface area (Å²) < 4.78 is 41.0. The third-order valence-corrected chi connectivity index (χ3v) is 3.58. The molecule has 0 aliphatic carbocycles. The molecule has 4 N–H and O–H groups in total. The molecule has 1 unspecified atom stereocenters. The molecule has 0 saturated heterocycles. The molecule has 6 nitrogen and oxygen atoms in total. The van der Waals surface area contributed by atoms with E-state index < -0.39 is 36.5 Å². The van der Waals surface area contributed by atoms with E-state index >= 15 is 0 Å². The summed E-state index contributed by atoms with van der Waals surface area (Å²) in [5, 5.41) is 12.5. The van der Waals surface area contributed by atoms with Gasteiger partial charge in [0.2, 0.25) is 5.60 Å². The maximum Gasteiger partial charge on any atom is 0.424 e. The summed E-state index contributed by atoms with van der Waals surface area (Å²) in [7, 11) is 1.35. The van der Waals surface area contributed by atoms with Crippen molar-refractivity contribution < 1.29 is 23.1 Å². The monoisotopic (exact) mass is 342 g/mol. The fourth-order valence-electron chi connectivity index (χ4n) is 2.28. The van der Waals surface area contributed by atoms with Gasteiger partial charge in [0, 0.05) is 43.7 Å². The molecule has 9 heteroatoms. The zero-order valence-electron chi connectivity index (χ0n) is 12.8. The molecule has 0 fully saturated rings. The van der Waals surface area contributed by atoms with Gasteiger partial charge in [0.1, 0.15) is 5.82 Å². The lowest BCUT2D eigenvalue weighted by molar-refractivity contribution is -0.272. The summed E-state index contributed by atoms with van der Waals surface area (Å²) in [5.41, 5.74) is 2.98. The Labute approximate surface area is 136 Å². The lowest BCUT2D eigenvalue weighted by Crippen LogP contribution is -2.46. The van der Waals surface area contributed by atoms with Gasteiger partial charge in [0.15, 0.2) is 0 Å². The predicted octanol–water partition coefficient (Wildman–Crippen LogP) is 1.57. The number of nitrogen functional groups attached to an aromatic ring is 1. The molecular weight excluding hydrogens is 325 g/mol. The van der Waals surface area contributed by atoms with Crippen LogP contribution in [0.4, 0.5) is 18.9 Å². The Hall–Kier alpha value is -2.55. The average molecular weight is 342 g/mol. The number of amides is 1. The summed E-state index contributed by atoms with van der Waals surface area (Å²) in [4.78, 5) is 15.5. The van der Waals surface area contributed by atoms with Crippen molar-refractivity contribution in [2.75, 3.05) is 12.3 Å². The number of nitrogens with zero attached hydrogens (tertiary/aromatic N) is 2. The number of imidazole rings is 1. The van der Waals surface area contributed by atoms with E-state index in [1.807, 2.05) is 0 Å². The average Bonchev–Trinajstić information content (AvgIpc) is 2.92. The SMILES string of the molecule is Cn1ccnc1C(O)(CCNC(=O)c1cccc(N)c1)C(F)(F)F. The van der Waals surface area contributed by atoms with Crippen molar-refractivity contribution >= 4 is 11.6 Å². The van der Waals surface area contributed by atoms with Crippen LogP contribution < -0.4 is 11.1 Å². The minimum atomic E-state index is -4.94. The highest BCUT2D eigenvalue weighted by Gasteiger charge is 2.57. The number of halogens is 3. The second-order valence-corrected chi connectivity index (χ2v) is 5.35. The zero-order valence-corrected chi connectivity index (χ0v) is 12.8. The largest absolute Gasteiger partial charge is 0.424 e. The summed E-state index contributed by atoms with van der Waals surface area (Å²) in [6.45, 7) is -0.392. The number of nitrogens with one attached hydrogen (secondary N) is 1. The molecule has 0 aliphatic rings. The highest BCUT2D eigenvalue weighted by molar-refractivity contribution is 5.94. The first-order chi connectivity index (χ1) is 11.1. The van der Waals surface area contributed by atoms with Gasteiger partial charge in [-0.2, -0.15) is 13.2 Å². The van der Waals surface area contributed by atoms with Gasteiger partial charge in [-0.05, 0) is 18.2 Å². The number of anilines is 1. The van der Waals surface area contributed by atoms with Crippen molar-refractivity contribution in [3.8, 4) is 0 Å². The van der Waals surface area contributed by atoms with E-state index in [0.717, 1.165) is 10.8 Å². The molecule has 0 saturated carbocycles. The highest BCUT2D eigenvalue weighted by Crippen LogP contribution is 2.40.